The molecule has 0 radical (unpaired) electrons. The average molecular weight is 303 g/mol. The number of aliphatic hydroxyl groups excluding tert-OH is 1. The summed E-state index contributed by atoms with van der Waals surface area (Å²) in [7, 11) is 0. The topological polar surface area (TPSA) is 41.9 Å². The van der Waals surface area contributed by atoms with Crippen LogP contribution in [-0.2, 0) is 4.74 Å². The van der Waals surface area contributed by atoms with Gasteiger partial charge in [0.1, 0.15) is 5.75 Å². The van der Waals surface area contributed by atoms with E-state index < -0.39 is 0 Å². The summed E-state index contributed by atoms with van der Waals surface area (Å²) in [5.41, 5.74) is 2.67. The first-order valence-electron chi connectivity index (χ1n) is 8.08. The summed E-state index contributed by atoms with van der Waals surface area (Å²) < 4.78 is 10.8. The standard InChI is InChI=1S/C18H25NO3/c1-2-22-17-5-3-15(4-6-17)16-7-9-19(10-8-16)11-18(12-20)13-21-14-18/h3-7,20H,2,8-14H2,1H3. The zero-order valence-electron chi connectivity index (χ0n) is 13.3. The molecule has 0 aromatic heterocycles. The number of aliphatic hydroxyl groups is 1. The molecule has 0 aliphatic carbocycles. The molecule has 3 rings (SSSR count). The van der Waals surface area contributed by atoms with Crippen molar-refractivity contribution in [3.05, 3.63) is 35.9 Å². The monoisotopic (exact) mass is 303 g/mol. The highest BCUT2D eigenvalue weighted by Crippen LogP contribution is 2.30. The predicted octanol–water partition coefficient (Wildman–Crippen LogP) is 2.18. The molecular formula is C18H25NO3. The summed E-state index contributed by atoms with van der Waals surface area (Å²) in [4.78, 5) is 2.41. The summed E-state index contributed by atoms with van der Waals surface area (Å²) in [6.45, 7) is 7.22. The minimum absolute atomic E-state index is 0.0233. The summed E-state index contributed by atoms with van der Waals surface area (Å²) in [6.07, 6.45) is 3.36. The van der Waals surface area contributed by atoms with E-state index in [-0.39, 0.29) is 12.0 Å². The molecule has 1 N–H and O–H groups in total. The highest BCUT2D eigenvalue weighted by Gasteiger charge is 2.39. The fourth-order valence-corrected chi connectivity index (χ4v) is 3.15. The molecule has 1 aromatic carbocycles. The Morgan fingerprint density at radius 2 is 2.05 bits per heavy atom. The van der Waals surface area contributed by atoms with E-state index >= 15 is 0 Å². The summed E-state index contributed by atoms with van der Waals surface area (Å²) in [5.74, 6) is 0.930. The van der Waals surface area contributed by atoms with Gasteiger partial charge in [-0.25, -0.2) is 0 Å². The number of nitrogens with zero attached hydrogens (tertiary/aromatic N) is 1. The Hall–Kier alpha value is -1.36. The Kier molecular flexibility index (Phi) is 4.81. The van der Waals surface area contributed by atoms with Crippen molar-refractivity contribution >= 4 is 5.57 Å². The van der Waals surface area contributed by atoms with Gasteiger partial charge >= 0.3 is 0 Å². The van der Waals surface area contributed by atoms with Crippen LogP contribution in [0.1, 0.15) is 18.9 Å². The zero-order chi connectivity index (χ0) is 15.4. The molecule has 2 aliphatic rings. The molecule has 1 fully saturated rings. The minimum atomic E-state index is -0.0233. The van der Waals surface area contributed by atoms with Crippen LogP contribution in [0.5, 0.6) is 5.75 Å². The van der Waals surface area contributed by atoms with Gasteiger partial charge in [-0.1, -0.05) is 18.2 Å². The molecule has 0 bridgehead atoms. The first-order valence-corrected chi connectivity index (χ1v) is 8.08. The molecule has 4 heteroatoms. The number of hydrogen-bond donors (Lipinski definition) is 1. The maximum atomic E-state index is 9.53. The maximum Gasteiger partial charge on any atom is 0.119 e. The molecule has 0 saturated carbocycles. The van der Waals surface area contributed by atoms with Crippen molar-refractivity contribution in [2.45, 2.75) is 13.3 Å². The Morgan fingerprint density at radius 3 is 2.55 bits per heavy atom. The van der Waals surface area contributed by atoms with Crippen molar-refractivity contribution in [2.75, 3.05) is 46.1 Å². The summed E-state index contributed by atoms with van der Waals surface area (Å²) in [5, 5.41) is 9.53. The van der Waals surface area contributed by atoms with E-state index in [2.05, 4.69) is 23.1 Å². The van der Waals surface area contributed by atoms with Crippen LogP contribution in [0.3, 0.4) is 0 Å². The molecule has 0 unspecified atom stereocenters. The van der Waals surface area contributed by atoms with Crippen LogP contribution in [0.2, 0.25) is 0 Å². The van der Waals surface area contributed by atoms with E-state index in [0.29, 0.717) is 19.8 Å². The van der Waals surface area contributed by atoms with Crippen LogP contribution in [-0.4, -0.2) is 56.1 Å². The lowest BCUT2D eigenvalue weighted by Crippen LogP contribution is -2.53. The first kappa shape index (κ1) is 15.5. The van der Waals surface area contributed by atoms with Crippen molar-refractivity contribution in [3.8, 4) is 5.75 Å². The Labute approximate surface area is 132 Å². The third-order valence-electron chi connectivity index (χ3n) is 4.54. The molecule has 1 aromatic rings. The Bertz CT molecular complexity index is 514. The minimum Gasteiger partial charge on any atom is -0.494 e. The molecule has 22 heavy (non-hydrogen) atoms. The van der Waals surface area contributed by atoms with Crippen LogP contribution in [0.15, 0.2) is 30.3 Å². The Morgan fingerprint density at radius 1 is 1.27 bits per heavy atom. The number of rotatable bonds is 6. The van der Waals surface area contributed by atoms with Crippen LogP contribution in [0.25, 0.3) is 5.57 Å². The van der Waals surface area contributed by atoms with Gasteiger partial charge in [0.2, 0.25) is 0 Å². The van der Waals surface area contributed by atoms with E-state index in [1.54, 1.807) is 0 Å². The third-order valence-corrected chi connectivity index (χ3v) is 4.54. The molecule has 0 amide bonds. The van der Waals surface area contributed by atoms with Crippen molar-refractivity contribution in [2.24, 2.45) is 5.41 Å². The fourth-order valence-electron chi connectivity index (χ4n) is 3.15. The molecule has 120 valence electrons. The van der Waals surface area contributed by atoms with E-state index in [0.717, 1.165) is 31.8 Å². The molecule has 0 atom stereocenters. The summed E-state index contributed by atoms with van der Waals surface area (Å²) >= 11 is 0. The lowest BCUT2D eigenvalue weighted by Gasteiger charge is -2.43. The average Bonchev–Trinajstić information content (AvgIpc) is 2.53. The van der Waals surface area contributed by atoms with Crippen molar-refractivity contribution in [3.63, 3.8) is 0 Å². The van der Waals surface area contributed by atoms with Gasteiger partial charge in [0.15, 0.2) is 0 Å². The predicted molar refractivity (Wildman–Crippen MR) is 87.0 cm³/mol. The normalized spacial score (nSPS) is 21.1. The van der Waals surface area contributed by atoms with Gasteiger partial charge in [-0.2, -0.15) is 0 Å². The zero-order valence-corrected chi connectivity index (χ0v) is 13.3. The number of benzene rings is 1. The first-order chi connectivity index (χ1) is 10.7. The molecule has 2 aliphatic heterocycles. The van der Waals surface area contributed by atoms with Gasteiger partial charge in [-0.05, 0) is 36.6 Å². The molecule has 2 heterocycles. The van der Waals surface area contributed by atoms with E-state index in [4.69, 9.17) is 9.47 Å². The molecule has 4 nitrogen and oxygen atoms in total. The number of ether oxygens (including phenoxy) is 2. The van der Waals surface area contributed by atoms with Gasteiger partial charge in [0.05, 0.1) is 31.8 Å². The summed E-state index contributed by atoms with van der Waals surface area (Å²) in [6, 6.07) is 8.36. The van der Waals surface area contributed by atoms with Crippen molar-refractivity contribution < 1.29 is 14.6 Å². The second-order valence-electron chi connectivity index (χ2n) is 6.32. The van der Waals surface area contributed by atoms with Gasteiger partial charge in [-0.3, -0.25) is 4.90 Å². The number of hydrogen-bond acceptors (Lipinski definition) is 4. The van der Waals surface area contributed by atoms with E-state index in [1.807, 2.05) is 19.1 Å². The van der Waals surface area contributed by atoms with Gasteiger partial charge in [0.25, 0.3) is 0 Å². The van der Waals surface area contributed by atoms with E-state index in [1.165, 1.54) is 11.1 Å². The molecule has 0 spiro atoms. The van der Waals surface area contributed by atoms with Crippen molar-refractivity contribution in [1.29, 1.82) is 0 Å². The molecular weight excluding hydrogens is 278 g/mol. The van der Waals surface area contributed by atoms with Gasteiger partial charge < -0.3 is 14.6 Å². The second kappa shape index (κ2) is 6.82. The maximum absolute atomic E-state index is 9.53. The van der Waals surface area contributed by atoms with Crippen molar-refractivity contribution in [1.82, 2.24) is 4.90 Å². The van der Waals surface area contributed by atoms with Crippen LogP contribution < -0.4 is 4.74 Å². The highest BCUT2D eigenvalue weighted by atomic mass is 16.5. The Balaban J connectivity index is 1.58. The van der Waals surface area contributed by atoms with Crippen LogP contribution in [0, 0.1) is 5.41 Å². The molecule has 1 saturated heterocycles. The quantitative estimate of drug-likeness (QED) is 0.875. The second-order valence-corrected chi connectivity index (χ2v) is 6.32. The van der Waals surface area contributed by atoms with Gasteiger partial charge in [0, 0.05) is 19.6 Å². The largest absolute Gasteiger partial charge is 0.494 e. The smallest absolute Gasteiger partial charge is 0.119 e. The van der Waals surface area contributed by atoms with E-state index in [9.17, 15) is 5.11 Å². The SMILES string of the molecule is CCOc1ccc(C2=CCN(CC3(CO)COC3)CC2)cc1. The lowest BCUT2D eigenvalue weighted by molar-refractivity contribution is -0.147. The van der Waals surface area contributed by atoms with Crippen LogP contribution in [0.4, 0.5) is 0 Å². The van der Waals surface area contributed by atoms with Gasteiger partial charge in [-0.15, -0.1) is 0 Å². The lowest BCUT2D eigenvalue weighted by atomic mass is 9.85. The van der Waals surface area contributed by atoms with Crippen LogP contribution >= 0.6 is 0 Å². The highest BCUT2D eigenvalue weighted by molar-refractivity contribution is 5.67. The fraction of sp³-hybridized carbons (Fsp3) is 0.556. The third kappa shape index (κ3) is 3.35.